The first kappa shape index (κ1) is 14.2. The number of nitrogens with zero attached hydrogens (tertiary/aromatic N) is 2. The van der Waals surface area contributed by atoms with Gasteiger partial charge in [-0.3, -0.25) is 4.68 Å². The molecule has 1 aromatic rings. The zero-order chi connectivity index (χ0) is 12.5. The fourth-order valence-electron chi connectivity index (χ4n) is 1.97. The second kappa shape index (κ2) is 8.29. The smallest absolute Gasteiger partial charge is 0.0638 e. The molecule has 0 aliphatic heterocycles. The number of aromatic nitrogens is 2. The standard InChI is InChI=1S/C14H27N3/c1-4-6-7-8-9-10-15-11-14-12-17(5-2)16-13(14)3/h12,15H,4-11H2,1-3H3. The molecule has 0 aliphatic carbocycles. The summed E-state index contributed by atoms with van der Waals surface area (Å²) in [5, 5.41) is 7.95. The predicted octanol–water partition coefficient (Wildman–Crippen LogP) is 3.27. The van der Waals surface area contributed by atoms with Crippen LogP contribution in [0, 0.1) is 6.92 Å². The maximum atomic E-state index is 4.45. The summed E-state index contributed by atoms with van der Waals surface area (Å²) in [6.45, 7) is 9.51. The number of hydrogen-bond acceptors (Lipinski definition) is 2. The number of nitrogens with one attached hydrogen (secondary N) is 1. The Hall–Kier alpha value is -0.830. The van der Waals surface area contributed by atoms with Crippen molar-refractivity contribution >= 4 is 0 Å². The van der Waals surface area contributed by atoms with E-state index >= 15 is 0 Å². The van der Waals surface area contributed by atoms with E-state index in [1.54, 1.807) is 0 Å². The van der Waals surface area contributed by atoms with E-state index in [0.29, 0.717) is 0 Å². The number of aryl methyl sites for hydroxylation is 2. The van der Waals surface area contributed by atoms with E-state index in [2.05, 4.69) is 37.4 Å². The van der Waals surface area contributed by atoms with Crippen molar-refractivity contribution in [2.24, 2.45) is 0 Å². The summed E-state index contributed by atoms with van der Waals surface area (Å²) in [5.74, 6) is 0. The lowest BCUT2D eigenvalue weighted by Crippen LogP contribution is -2.14. The summed E-state index contributed by atoms with van der Waals surface area (Å²) < 4.78 is 2.01. The number of rotatable bonds is 9. The maximum absolute atomic E-state index is 4.45. The number of hydrogen-bond donors (Lipinski definition) is 1. The molecule has 1 rings (SSSR count). The highest BCUT2D eigenvalue weighted by molar-refractivity contribution is 5.14. The summed E-state index contributed by atoms with van der Waals surface area (Å²) in [4.78, 5) is 0. The molecular weight excluding hydrogens is 210 g/mol. The summed E-state index contributed by atoms with van der Waals surface area (Å²) >= 11 is 0. The quantitative estimate of drug-likeness (QED) is 0.668. The van der Waals surface area contributed by atoms with Gasteiger partial charge in [0.2, 0.25) is 0 Å². The van der Waals surface area contributed by atoms with Crippen molar-refractivity contribution in [1.29, 1.82) is 0 Å². The molecule has 98 valence electrons. The predicted molar refractivity (Wildman–Crippen MR) is 73.1 cm³/mol. The Morgan fingerprint density at radius 3 is 2.59 bits per heavy atom. The third-order valence-electron chi connectivity index (χ3n) is 3.14. The van der Waals surface area contributed by atoms with Gasteiger partial charge in [0, 0.05) is 24.8 Å². The van der Waals surface area contributed by atoms with Crippen LogP contribution in [0.2, 0.25) is 0 Å². The van der Waals surface area contributed by atoms with E-state index < -0.39 is 0 Å². The third kappa shape index (κ3) is 5.35. The van der Waals surface area contributed by atoms with Gasteiger partial charge >= 0.3 is 0 Å². The first-order valence-electron chi connectivity index (χ1n) is 7.01. The van der Waals surface area contributed by atoms with Crippen LogP contribution in [0.15, 0.2) is 6.20 Å². The molecule has 0 bridgehead atoms. The summed E-state index contributed by atoms with van der Waals surface area (Å²) in [7, 11) is 0. The lowest BCUT2D eigenvalue weighted by molar-refractivity contribution is 0.582. The van der Waals surface area contributed by atoms with Gasteiger partial charge in [-0.1, -0.05) is 32.6 Å². The van der Waals surface area contributed by atoms with Gasteiger partial charge in [-0.05, 0) is 26.8 Å². The van der Waals surface area contributed by atoms with E-state index in [-0.39, 0.29) is 0 Å². The zero-order valence-corrected chi connectivity index (χ0v) is 11.6. The summed E-state index contributed by atoms with van der Waals surface area (Å²) in [5.41, 5.74) is 2.49. The van der Waals surface area contributed by atoms with Crippen molar-refractivity contribution in [1.82, 2.24) is 15.1 Å². The molecule has 0 fully saturated rings. The van der Waals surface area contributed by atoms with Crippen molar-refractivity contribution < 1.29 is 0 Å². The Morgan fingerprint density at radius 2 is 1.94 bits per heavy atom. The molecule has 1 heterocycles. The van der Waals surface area contributed by atoms with E-state index in [4.69, 9.17) is 0 Å². The van der Waals surface area contributed by atoms with Crippen molar-refractivity contribution in [2.75, 3.05) is 6.54 Å². The molecule has 0 unspecified atom stereocenters. The monoisotopic (exact) mass is 237 g/mol. The van der Waals surface area contributed by atoms with Crippen LogP contribution in [0.5, 0.6) is 0 Å². The van der Waals surface area contributed by atoms with E-state index in [1.165, 1.54) is 37.7 Å². The van der Waals surface area contributed by atoms with Gasteiger partial charge in [-0.2, -0.15) is 5.10 Å². The van der Waals surface area contributed by atoms with Gasteiger partial charge in [0.05, 0.1) is 5.69 Å². The second-order valence-electron chi connectivity index (χ2n) is 4.69. The van der Waals surface area contributed by atoms with Gasteiger partial charge in [0.1, 0.15) is 0 Å². The zero-order valence-electron chi connectivity index (χ0n) is 11.6. The highest BCUT2D eigenvalue weighted by Gasteiger charge is 2.02. The topological polar surface area (TPSA) is 29.9 Å². The fourth-order valence-corrected chi connectivity index (χ4v) is 1.97. The summed E-state index contributed by atoms with van der Waals surface area (Å²) in [6, 6.07) is 0. The van der Waals surface area contributed by atoms with Gasteiger partial charge in [-0.25, -0.2) is 0 Å². The van der Waals surface area contributed by atoms with Crippen LogP contribution in [0.25, 0.3) is 0 Å². The maximum Gasteiger partial charge on any atom is 0.0638 e. The third-order valence-corrected chi connectivity index (χ3v) is 3.14. The Balaban J connectivity index is 2.11. The van der Waals surface area contributed by atoms with Gasteiger partial charge in [0.15, 0.2) is 0 Å². The van der Waals surface area contributed by atoms with Crippen molar-refractivity contribution in [3.63, 3.8) is 0 Å². The van der Waals surface area contributed by atoms with Gasteiger partial charge in [-0.15, -0.1) is 0 Å². The normalized spacial score (nSPS) is 11.0. The molecule has 3 heteroatoms. The van der Waals surface area contributed by atoms with Gasteiger partial charge < -0.3 is 5.32 Å². The van der Waals surface area contributed by atoms with Crippen LogP contribution in [0.4, 0.5) is 0 Å². The van der Waals surface area contributed by atoms with Crippen molar-refractivity contribution in [3.05, 3.63) is 17.5 Å². The Kier molecular flexibility index (Phi) is 6.94. The lowest BCUT2D eigenvalue weighted by atomic mass is 10.1. The Labute approximate surface area is 106 Å². The van der Waals surface area contributed by atoms with E-state index in [1.807, 2.05) is 4.68 Å². The van der Waals surface area contributed by atoms with Crippen LogP contribution < -0.4 is 5.32 Å². The molecule has 17 heavy (non-hydrogen) atoms. The molecule has 0 saturated heterocycles. The Bertz CT molecular complexity index is 304. The Morgan fingerprint density at radius 1 is 1.18 bits per heavy atom. The van der Waals surface area contributed by atoms with Crippen molar-refractivity contribution in [2.45, 2.75) is 66.0 Å². The average molecular weight is 237 g/mol. The minimum Gasteiger partial charge on any atom is -0.313 e. The SMILES string of the molecule is CCCCCCCNCc1cn(CC)nc1C. The highest BCUT2D eigenvalue weighted by Crippen LogP contribution is 2.05. The molecule has 0 aliphatic rings. The first-order valence-corrected chi connectivity index (χ1v) is 7.01. The van der Waals surface area contributed by atoms with Gasteiger partial charge in [0.25, 0.3) is 0 Å². The number of unbranched alkanes of at least 4 members (excludes halogenated alkanes) is 4. The highest BCUT2D eigenvalue weighted by atomic mass is 15.3. The fraction of sp³-hybridized carbons (Fsp3) is 0.786. The second-order valence-corrected chi connectivity index (χ2v) is 4.69. The van der Waals surface area contributed by atoms with Crippen LogP contribution in [0.3, 0.4) is 0 Å². The van der Waals surface area contributed by atoms with Crippen molar-refractivity contribution in [3.8, 4) is 0 Å². The molecule has 1 aromatic heterocycles. The average Bonchev–Trinajstić information content (AvgIpc) is 2.69. The van der Waals surface area contributed by atoms with E-state index in [0.717, 1.165) is 25.3 Å². The van der Waals surface area contributed by atoms with Crippen LogP contribution in [-0.2, 0) is 13.1 Å². The molecule has 0 amide bonds. The van der Waals surface area contributed by atoms with Crippen LogP contribution in [-0.4, -0.2) is 16.3 Å². The van der Waals surface area contributed by atoms with Crippen LogP contribution >= 0.6 is 0 Å². The molecule has 0 atom stereocenters. The first-order chi connectivity index (χ1) is 8.27. The minimum absolute atomic E-state index is 0.956. The molecule has 0 radical (unpaired) electrons. The molecular formula is C14H27N3. The largest absolute Gasteiger partial charge is 0.313 e. The van der Waals surface area contributed by atoms with Crippen LogP contribution in [0.1, 0.15) is 57.2 Å². The lowest BCUT2D eigenvalue weighted by Gasteiger charge is -2.03. The summed E-state index contributed by atoms with van der Waals surface area (Å²) in [6.07, 6.45) is 8.88. The molecule has 1 N–H and O–H groups in total. The molecule has 0 aromatic carbocycles. The molecule has 0 spiro atoms. The minimum atomic E-state index is 0.956. The van der Waals surface area contributed by atoms with E-state index in [9.17, 15) is 0 Å². The molecule has 0 saturated carbocycles. The molecule has 3 nitrogen and oxygen atoms in total.